The van der Waals surface area contributed by atoms with E-state index in [0.29, 0.717) is 38.8 Å². The fourth-order valence-corrected chi connectivity index (χ4v) is 3.93. The van der Waals surface area contributed by atoms with Crippen LogP contribution in [0.15, 0.2) is 53.7 Å². The number of esters is 1. The summed E-state index contributed by atoms with van der Waals surface area (Å²) < 4.78 is 19.2. The molecule has 31 heavy (non-hydrogen) atoms. The van der Waals surface area contributed by atoms with Crippen LogP contribution in [0.5, 0.6) is 0 Å². The van der Waals surface area contributed by atoms with E-state index in [9.17, 15) is 14.0 Å². The average Bonchev–Trinajstić information content (AvgIpc) is 2.74. The zero-order valence-corrected chi connectivity index (χ0v) is 18.8. The first-order valence-corrected chi connectivity index (χ1v) is 10.0. The van der Waals surface area contributed by atoms with Crippen molar-refractivity contribution in [2.75, 3.05) is 26.1 Å². The Hall–Kier alpha value is -3.26. The normalized spacial score (nSPS) is 16.1. The summed E-state index contributed by atoms with van der Waals surface area (Å²) in [6, 6.07) is 11.0. The van der Waals surface area contributed by atoms with Gasteiger partial charge in [-0.15, -0.1) is 0 Å². The minimum atomic E-state index is -0.677. The quantitative estimate of drug-likeness (QED) is 0.577. The number of aryl methyl sites for hydroxylation is 1. The molecule has 1 atom stereocenters. The van der Waals surface area contributed by atoms with Crippen molar-refractivity contribution in [3.8, 4) is 0 Å². The van der Waals surface area contributed by atoms with Crippen LogP contribution in [0.4, 0.5) is 10.1 Å². The number of amides is 1. The maximum Gasteiger partial charge on any atom is 0.338 e. The average molecular weight is 442 g/mol. The summed E-state index contributed by atoms with van der Waals surface area (Å²) in [5.74, 6) is -1.14. The summed E-state index contributed by atoms with van der Waals surface area (Å²) >= 11 is 5.60. The molecule has 2 aromatic rings. The molecule has 6 nitrogen and oxygen atoms in total. The van der Waals surface area contributed by atoms with Gasteiger partial charge in [0.15, 0.2) is 5.11 Å². The van der Waals surface area contributed by atoms with Gasteiger partial charge in [0, 0.05) is 19.8 Å². The van der Waals surface area contributed by atoms with Gasteiger partial charge in [-0.25, -0.2) is 9.18 Å². The van der Waals surface area contributed by atoms with Crippen molar-refractivity contribution in [1.29, 1.82) is 0 Å². The van der Waals surface area contributed by atoms with Gasteiger partial charge >= 0.3 is 5.97 Å². The number of methoxy groups -OCH3 is 1. The van der Waals surface area contributed by atoms with E-state index in [2.05, 4.69) is 5.32 Å². The lowest BCUT2D eigenvalue weighted by Gasteiger charge is -2.39. The first-order valence-electron chi connectivity index (χ1n) is 9.63. The number of anilines is 1. The minimum absolute atomic E-state index is 0.255. The molecule has 0 bridgehead atoms. The molecular formula is C23H24FN3O3S. The lowest BCUT2D eigenvalue weighted by atomic mass is 9.90. The standard InChI is InChI=1S/C23H24FN3O3S/c1-13-10-11-15(12-18(13)24)27-14(2)19(21(28)26(3)4)20(25-23(27)31)16-8-6-7-9-17(16)22(29)30-5/h6-12,20H,1-5H3,(H,25,31). The van der Waals surface area contributed by atoms with Gasteiger partial charge < -0.3 is 15.0 Å². The molecule has 0 fully saturated rings. The second-order valence-electron chi connectivity index (χ2n) is 7.43. The first kappa shape index (κ1) is 22.4. The van der Waals surface area contributed by atoms with Gasteiger partial charge in [0.1, 0.15) is 5.82 Å². The molecule has 2 aromatic carbocycles. The minimum Gasteiger partial charge on any atom is -0.465 e. The Morgan fingerprint density at radius 2 is 1.84 bits per heavy atom. The Labute approximate surface area is 186 Å². The van der Waals surface area contributed by atoms with Gasteiger partial charge in [-0.1, -0.05) is 24.3 Å². The Kier molecular flexibility index (Phi) is 6.40. The molecule has 1 N–H and O–H groups in total. The van der Waals surface area contributed by atoms with Crippen molar-refractivity contribution in [3.05, 3.63) is 76.2 Å². The van der Waals surface area contributed by atoms with Crippen molar-refractivity contribution >= 4 is 34.9 Å². The highest BCUT2D eigenvalue weighted by molar-refractivity contribution is 7.80. The highest BCUT2D eigenvalue weighted by atomic mass is 32.1. The second kappa shape index (κ2) is 8.85. The van der Waals surface area contributed by atoms with Crippen LogP contribution in [0.2, 0.25) is 0 Å². The maximum absolute atomic E-state index is 14.3. The van der Waals surface area contributed by atoms with Gasteiger partial charge in [-0.3, -0.25) is 9.69 Å². The number of likely N-dealkylation sites (N-methyl/N-ethyl adjacent to an activating group) is 1. The number of nitrogens with one attached hydrogen (secondary N) is 1. The predicted molar refractivity (Wildman–Crippen MR) is 121 cm³/mol. The summed E-state index contributed by atoms with van der Waals surface area (Å²) in [6.45, 7) is 3.44. The molecular weight excluding hydrogens is 417 g/mol. The summed E-state index contributed by atoms with van der Waals surface area (Å²) in [7, 11) is 4.60. The molecule has 0 aliphatic carbocycles. The van der Waals surface area contributed by atoms with E-state index in [4.69, 9.17) is 17.0 Å². The molecule has 1 aliphatic rings. The number of hydrogen-bond acceptors (Lipinski definition) is 4. The molecule has 0 saturated heterocycles. The molecule has 0 saturated carbocycles. The number of halogens is 1. The largest absolute Gasteiger partial charge is 0.465 e. The highest BCUT2D eigenvalue weighted by Crippen LogP contribution is 2.36. The molecule has 1 heterocycles. The second-order valence-corrected chi connectivity index (χ2v) is 7.82. The number of carbonyl (C=O) groups is 2. The van der Waals surface area contributed by atoms with E-state index in [1.54, 1.807) is 69.2 Å². The molecule has 1 unspecified atom stereocenters. The number of carbonyl (C=O) groups excluding carboxylic acids is 2. The van der Waals surface area contributed by atoms with E-state index in [0.717, 1.165) is 0 Å². The Morgan fingerprint density at radius 3 is 2.45 bits per heavy atom. The summed E-state index contributed by atoms with van der Waals surface area (Å²) in [5, 5.41) is 3.47. The maximum atomic E-state index is 14.3. The molecule has 0 aromatic heterocycles. The van der Waals surface area contributed by atoms with Gasteiger partial charge in [0.25, 0.3) is 5.91 Å². The monoisotopic (exact) mass is 441 g/mol. The van der Waals surface area contributed by atoms with Crippen LogP contribution in [0.25, 0.3) is 0 Å². The number of allylic oxidation sites excluding steroid dienone is 1. The number of hydrogen-bond donors (Lipinski definition) is 1. The van der Waals surface area contributed by atoms with Crippen molar-refractivity contribution in [3.63, 3.8) is 0 Å². The van der Waals surface area contributed by atoms with E-state index in [-0.39, 0.29) is 11.7 Å². The summed E-state index contributed by atoms with van der Waals surface area (Å²) in [4.78, 5) is 28.7. The third-order valence-corrected chi connectivity index (χ3v) is 5.51. The van der Waals surface area contributed by atoms with E-state index >= 15 is 0 Å². The van der Waals surface area contributed by atoms with Gasteiger partial charge in [0.05, 0.1) is 30.0 Å². The Balaban J connectivity index is 2.22. The third-order valence-electron chi connectivity index (χ3n) is 5.21. The Bertz CT molecular complexity index is 1100. The third kappa shape index (κ3) is 4.16. The fraction of sp³-hybridized carbons (Fsp3) is 0.261. The molecule has 0 spiro atoms. The number of rotatable bonds is 4. The lowest BCUT2D eigenvalue weighted by molar-refractivity contribution is -0.125. The Morgan fingerprint density at radius 1 is 1.16 bits per heavy atom. The van der Waals surface area contributed by atoms with Gasteiger partial charge in [-0.2, -0.15) is 0 Å². The van der Waals surface area contributed by atoms with Crippen LogP contribution in [-0.2, 0) is 9.53 Å². The van der Waals surface area contributed by atoms with E-state index < -0.39 is 12.0 Å². The molecule has 3 rings (SSSR count). The SMILES string of the molecule is COC(=O)c1ccccc1C1NC(=S)N(c2ccc(C)c(F)c2)C(C)=C1C(=O)N(C)C. The van der Waals surface area contributed by atoms with Gasteiger partial charge in [0.2, 0.25) is 0 Å². The molecule has 8 heteroatoms. The van der Waals surface area contributed by atoms with Crippen molar-refractivity contribution in [2.45, 2.75) is 19.9 Å². The molecule has 162 valence electrons. The van der Waals surface area contributed by atoms with E-state index in [1.807, 2.05) is 0 Å². The van der Waals surface area contributed by atoms with Crippen LogP contribution < -0.4 is 10.2 Å². The van der Waals surface area contributed by atoms with Gasteiger partial charge in [-0.05, 0) is 55.4 Å². The van der Waals surface area contributed by atoms with Crippen LogP contribution >= 0.6 is 12.2 Å². The molecule has 1 amide bonds. The fourth-order valence-electron chi connectivity index (χ4n) is 3.57. The number of nitrogens with zero attached hydrogens (tertiary/aromatic N) is 2. The number of benzene rings is 2. The van der Waals surface area contributed by atoms with Crippen LogP contribution in [0, 0.1) is 12.7 Å². The highest BCUT2D eigenvalue weighted by Gasteiger charge is 2.37. The number of ether oxygens (including phenoxy) is 1. The summed E-state index contributed by atoms with van der Waals surface area (Å²) in [6.07, 6.45) is 0. The summed E-state index contributed by atoms with van der Waals surface area (Å²) in [5.41, 5.74) is 2.86. The topological polar surface area (TPSA) is 61.9 Å². The van der Waals surface area contributed by atoms with Crippen molar-refractivity contribution in [1.82, 2.24) is 10.2 Å². The van der Waals surface area contributed by atoms with Crippen LogP contribution in [-0.4, -0.2) is 43.1 Å². The predicted octanol–water partition coefficient (Wildman–Crippen LogP) is 3.72. The smallest absolute Gasteiger partial charge is 0.338 e. The van der Waals surface area contributed by atoms with Crippen LogP contribution in [0.1, 0.15) is 34.5 Å². The van der Waals surface area contributed by atoms with Crippen molar-refractivity contribution < 1.29 is 18.7 Å². The molecule has 0 radical (unpaired) electrons. The molecule has 1 aliphatic heterocycles. The zero-order valence-electron chi connectivity index (χ0n) is 18.0. The first-order chi connectivity index (χ1) is 14.7. The van der Waals surface area contributed by atoms with E-state index in [1.165, 1.54) is 18.1 Å². The lowest BCUT2D eigenvalue weighted by Crippen LogP contribution is -2.49. The van der Waals surface area contributed by atoms with Crippen molar-refractivity contribution in [2.24, 2.45) is 0 Å². The van der Waals surface area contributed by atoms with Crippen LogP contribution in [0.3, 0.4) is 0 Å². The zero-order chi connectivity index (χ0) is 22.9. The number of thiocarbonyl (C=S) groups is 1.